The normalized spacial score (nSPS) is 9.96. The van der Waals surface area contributed by atoms with Crippen LogP contribution in [0.1, 0.15) is 23.2 Å². The third kappa shape index (κ3) is 5.71. The van der Waals surface area contributed by atoms with Gasteiger partial charge in [-0.1, -0.05) is 0 Å². The number of nitrogens with one attached hydrogen (secondary N) is 2. The molecule has 0 heterocycles. The predicted molar refractivity (Wildman–Crippen MR) is 80.0 cm³/mol. The highest BCUT2D eigenvalue weighted by atomic mass is 16.6. The molecule has 0 bridgehead atoms. The molecule has 0 aliphatic rings. The van der Waals surface area contributed by atoms with Crippen LogP contribution < -0.4 is 16.4 Å². The van der Waals surface area contributed by atoms with Crippen LogP contribution in [0.15, 0.2) is 18.2 Å². The zero-order valence-corrected chi connectivity index (χ0v) is 12.1. The van der Waals surface area contributed by atoms with Gasteiger partial charge in [0, 0.05) is 31.3 Å². The van der Waals surface area contributed by atoms with E-state index in [0.717, 1.165) is 12.1 Å². The molecule has 1 aromatic carbocycles. The molecule has 10 nitrogen and oxygen atoms in total. The van der Waals surface area contributed by atoms with Gasteiger partial charge in [0.25, 0.3) is 11.6 Å². The Morgan fingerprint density at radius 3 is 2.52 bits per heavy atom. The molecule has 5 N–H and O–H groups in total. The minimum Gasteiger partial charge on any atom is -0.481 e. The lowest BCUT2D eigenvalue weighted by atomic mass is 10.1. The summed E-state index contributed by atoms with van der Waals surface area (Å²) in [5.41, 5.74) is 4.73. The molecule has 124 valence electrons. The van der Waals surface area contributed by atoms with Crippen LogP contribution in [0.5, 0.6) is 0 Å². The third-order valence-corrected chi connectivity index (χ3v) is 2.72. The largest absolute Gasteiger partial charge is 0.481 e. The van der Waals surface area contributed by atoms with E-state index >= 15 is 0 Å². The number of hydrogen-bond acceptors (Lipinski definition) is 6. The van der Waals surface area contributed by atoms with Crippen molar-refractivity contribution in [3.63, 3.8) is 0 Å². The topological polar surface area (TPSA) is 165 Å². The van der Waals surface area contributed by atoms with Crippen molar-refractivity contribution in [2.45, 2.75) is 12.8 Å². The Labute approximate surface area is 130 Å². The molecule has 0 fully saturated rings. The standard InChI is InChI=1S/C13H16N4O6/c14-5-3-11(18)16-8-1-2-10(17(22)23)9(7-8)13(21)15-6-4-12(19)20/h1-2,7H,3-6,14H2,(H,15,21)(H,16,18)(H,19,20). The molecule has 0 spiro atoms. The maximum absolute atomic E-state index is 12.0. The lowest BCUT2D eigenvalue weighted by molar-refractivity contribution is -0.385. The molecule has 0 saturated carbocycles. The van der Waals surface area contributed by atoms with E-state index in [-0.39, 0.29) is 37.2 Å². The summed E-state index contributed by atoms with van der Waals surface area (Å²) in [7, 11) is 0. The summed E-state index contributed by atoms with van der Waals surface area (Å²) in [6.45, 7) is -0.0313. The summed E-state index contributed by atoms with van der Waals surface area (Å²) in [6.07, 6.45) is -0.246. The molecule has 0 aromatic heterocycles. The third-order valence-electron chi connectivity index (χ3n) is 2.72. The van der Waals surface area contributed by atoms with Gasteiger partial charge in [0.15, 0.2) is 0 Å². The van der Waals surface area contributed by atoms with Gasteiger partial charge in [0.05, 0.1) is 11.3 Å². The fourth-order valence-corrected chi connectivity index (χ4v) is 1.69. The summed E-state index contributed by atoms with van der Waals surface area (Å²) in [5, 5.41) is 24.2. The van der Waals surface area contributed by atoms with Crippen LogP contribution in [-0.4, -0.2) is 40.9 Å². The molecule has 0 atom stereocenters. The van der Waals surface area contributed by atoms with Gasteiger partial charge >= 0.3 is 5.97 Å². The SMILES string of the molecule is NCCC(=O)Nc1ccc([N+](=O)[O-])c(C(=O)NCCC(=O)O)c1. The van der Waals surface area contributed by atoms with Crippen LogP contribution in [0.2, 0.25) is 0 Å². The number of rotatable bonds is 8. The predicted octanol–water partition coefficient (Wildman–Crippen LogP) is 0.0866. The van der Waals surface area contributed by atoms with Gasteiger partial charge in [-0.3, -0.25) is 24.5 Å². The van der Waals surface area contributed by atoms with Crippen LogP contribution in [0.25, 0.3) is 0 Å². The Bertz CT molecular complexity index is 631. The minimum atomic E-state index is -1.11. The van der Waals surface area contributed by atoms with Crippen LogP contribution in [0.4, 0.5) is 11.4 Å². The highest BCUT2D eigenvalue weighted by Crippen LogP contribution is 2.22. The molecule has 0 radical (unpaired) electrons. The molecule has 10 heteroatoms. The zero-order valence-electron chi connectivity index (χ0n) is 12.1. The number of benzene rings is 1. The molecule has 1 rings (SSSR count). The number of hydrogen-bond donors (Lipinski definition) is 4. The smallest absolute Gasteiger partial charge is 0.305 e. The maximum Gasteiger partial charge on any atom is 0.305 e. The van der Waals surface area contributed by atoms with Crippen molar-refractivity contribution in [2.75, 3.05) is 18.4 Å². The summed E-state index contributed by atoms with van der Waals surface area (Å²) in [6, 6.07) is 3.54. The van der Waals surface area contributed by atoms with E-state index in [2.05, 4.69) is 10.6 Å². The number of nitro benzene ring substituents is 1. The second-order valence-electron chi connectivity index (χ2n) is 4.48. The van der Waals surface area contributed by atoms with Gasteiger partial charge < -0.3 is 21.5 Å². The molecule has 2 amide bonds. The monoisotopic (exact) mass is 324 g/mol. The van der Waals surface area contributed by atoms with E-state index in [1.54, 1.807) is 0 Å². The lowest BCUT2D eigenvalue weighted by Gasteiger charge is -2.08. The number of carbonyl (C=O) groups excluding carboxylic acids is 2. The average Bonchev–Trinajstić information content (AvgIpc) is 2.46. The van der Waals surface area contributed by atoms with Crippen molar-refractivity contribution >= 4 is 29.2 Å². The van der Waals surface area contributed by atoms with Crippen LogP contribution in [-0.2, 0) is 9.59 Å². The quantitative estimate of drug-likeness (QED) is 0.388. The van der Waals surface area contributed by atoms with Gasteiger partial charge in [0.2, 0.25) is 5.91 Å². The number of amides is 2. The lowest BCUT2D eigenvalue weighted by Crippen LogP contribution is -2.27. The summed E-state index contributed by atoms with van der Waals surface area (Å²) in [4.78, 5) is 44.1. The van der Waals surface area contributed by atoms with Gasteiger partial charge in [-0.05, 0) is 12.1 Å². The fourth-order valence-electron chi connectivity index (χ4n) is 1.69. The number of nitrogens with zero attached hydrogens (tertiary/aromatic N) is 1. The van der Waals surface area contributed by atoms with Crippen molar-refractivity contribution in [2.24, 2.45) is 5.73 Å². The van der Waals surface area contributed by atoms with Crippen molar-refractivity contribution in [3.8, 4) is 0 Å². The number of nitro groups is 1. The number of carbonyl (C=O) groups is 3. The summed E-state index contributed by atoms with van der Waals surface area (Å²) >= 11 is 0. The summed E-state index contributed by atoms with van der Waals surface area (Å²) in [5.74, 6) is -2.30. The van der Waals surface area contributed by atoms with Gasteiger partial charge in [-0.15, -0.1) is 0 Å². The maximum atomic E-state index is 12.0. The second kappa shape index (κ2) is 8.44. The van der Waals surface area contributed by atoms with E-state index in [9.17, 15) is 24.5 Å². The number of anilines is 1. The van der Waals surface area contributed by atoms with Gasteiger partial charge in [-0.25, -0.2) is 0 Å². The van der Waals surface area contributed by atoms with Gasteiger partial charge in [0.1, 0.15) is 5.56 Å². The fraction of sp³-hybridized carbons (Fsp3) is 0.308. The molecule has 23 heavy (non-hydrogen) atoms. The van der Waals surface area contributed by atoms with Crippen LogP contribution >= 0.6 is 0 Å². The Kier molecular flexibility index (Phi) is 6.62. The van der Waals surface area contributed by atoms with Crippen molar-refractivity contribution in [3.05, 3.63) is 33.9 Å². The second-order valence-corrected chi connectivity index (χ2v) is 4.48. The number of carboxylic acid groups (broad SMARTS) is 1. The first kappa shape index (κ1) is 18.0. The molecular formula is C13H16N4O6. The van der Waals surface area contributed by atoms with Gasteiger partial charge in [-0.2, -0.15) is 0 Å². The highest BCUT2D eigenvalue weighted by molar-refractivity contribution is 6.00. The molecule has 0 saturated heterocycles. The zero-order chi connectivity index (χ0) is 17.4. The van der Waals surface area contributed by atoms with Crippen molar-refractivity contribution in [1.29, 1.82) is 0 Å². The molecule has 1 aromatic rings. The highest BCUT2D eigenvalue weighted by Gasteiger charge is 2.21. The number of nitrogens with two attached hydrogens (primary N) is 1. The Morgan fingerprint density at radius 2 is 1.96 bits per heavy atom. The molecular weight excluding hydrogens is 308 g/mol. The molecule has 0 unspecified atom stereocenters. The van der Waals surface area contributed by atoms with Crippen LogP contribution in [0, 0.1) is 10.1 Å². The summed E-state index contributed by atoms with van der Waals surface area (Å²) < 4.78 is 0. The van der Waals surface area contributed by atoms with Crippen LogP contribution in [0.3, 0.4) is 0 Å². The van der Waals surface area contributed by atoms with E-state index in [1.807, 2.05) is 0 Å². The minimum absolute atomic E-state index is 0.0666. The van der Waals surface area contributed by atoms with E-state index in [4.69, 9.17) is 10.8 Å². The molecule has 0 aliphatic carbocycles. The van der Waals surface area contributed by atoms with Crippen molar-refractivity contribution < 1.29 is 24.4 Å². The van der Waals surface area contributed by atoms with E-state index in [0.29, 0.717) is 0 Å². The Balaban J connectivity index is 2.96. The Hall–Kier alpha value is -3.01. The first-order valence-corrected chi connectivity index (χ1v) is 6.63. The molecule has 0 aliphatic heterocycles. The average molecular weight is 324 g/mol. The number of carboxylic acids is 1. The number of aliphatic carboxylic acids is 1. The van der Waals surface area contributed by atoms with Crippen molar-refractivity contribution in [1.82, 2.24) is 5.32 Å². The first-order valence-electron chi connectivity index (χ1n) is 6.63. The Morgan fingerprint density at radius 1 is 1.26 bits per heavy atom. The first-order chi connectivity index (χ1) is 10.8. The van der Waals surface area contributed by atoms with E-state index in [1.165, 1.54) is 6.07 Å². The van der Waals surface area contributed by atoms with E-state index < -0.39 is 28.4 Å².